The molecule has 4 rings (SSSR count). The van der Waals surface area contributed by atoms with Gasteiger partial charge >= 0.3 is 0 Å². The van der Waals surface area contributed by atoms with E-state index >= 15 is 0 Å². The molecule has 1 amide bonds. The summed E-state index contributed by atoms with van der Waals surface area (Å²) in [5.74, 6) is 0.372. The Bertz CT molecular complexity index is 1030. The molecule has 2 heterocycles. The minimum atomic E-state index is -0.151. The van der Waals surface area contributed by atoms with Crippen LogP contribution in [0.4, 0.5) is 5.82 Å². The van der Waals surface area contributed by atoms with E-state index in [1.54, 1.807) is 4.68 Å². The zero-order valence-electron chi connectivity index (χ0n) is 13.4. The predicted octanol–water partition coefficient (Wildman–Crippen LogP) is 5.30. The van der Waals surface area contributed by atoms with E-state index in [2.05, 4.69) is 10.4 Å². The zero-order chi connectivity index (χ0) is 17.4. The Morgan fingerprint density at radius 1 is 1.12 bits per heavy atom. The number of nitrogens with zero attached hydrogens (tertiary/aromatic N) is 2. The van der Waals surface area contributed by atoms with Crippen molar-refractivity contribution >= 4 is 44.7 Å². The second kappa shape index (κ2) is 6.35. The third-order valence-electron chi connectivity index (χ3n) is 3.85. The standard InChI is InChI=1S/C19H14ClN3OS/c1-12-10-18(22-23(12)15-8-6-14(20)7-9-15)21-19(24)17-11-13-4-2-3-5-16(13)25-17/h2-11H,1H3,(H,21,22,24). The van der Waals surface area contributed by atoms with E-state index in [1.807, 2.05) is 67.6 Å². The topological polar surface area (TPSA) is 46.9 Å². The average molecular weight is 368 g/mol. The fourth-order valence-electron chi connectivity index (χ4n) is 2.65. The van der Waals surface area contributed by atoms with Crippen LogP contribution in [0.5, 0.6) is 0 Å². The van der Waals surface area contributed by atoms with Crippen LogP contribution in [0.2, 0.25) is 5.02 Å². The number of amides is 1. The molecule has 0 fully saturated rings. The molecule has 124 valence electrons. The largest absolute Gasteiger partial charge is 0.304 e. The zero-order valence-corrected chi connectivity index (χ0v) is 14.9. The first-order valence-electron chi connectivity index (χ1n) is 7.73. The van der Waals surface area contributed by atoms with Crippen molar-refractivity contribution in [3.8, 4) is 5.69 Å². The third-order valence-corrected chi connectivity index (χ3v) is 5.22. The molecule has 0 atom stereocenters. The van der Waals surface area contributed by atoms with Crippen molar-refractivity contribution < 1.29 is 4.79 Å². The van der Waals surface area contributed by atoms with E-state index in [-0.39, 0.29) is 5.91 Å². The van der Waals surface area contributed by atoms with Crippen molar-refractivity contribution in [2.75, 3.05) is 5.32 Å². The van der Waals surface area contributed by atoms with Crippen LogP contribution in [-0.2, 0) is 0 Å². The molecule has 0 unspecified atom stereocenters. The van der Waals surface area contributed by atoms with Gasteiger partial charge in [0.25, 0.3) is 5.91 Å². The highest BCUT2D eigenvalue weighted by Crippen LogP contribution is 2.26. The fourth-order valence-corrected chi connectivity index (χ4v) is 3.73. The van der Waals surface area contributed by atoms with Crippen LogP contribution in [0.3, 0.4) is 0 Å². The van der Waals surface area contributed by atoms with E-state index in [0.29, 0.717) is 15.7 Å². The smallest absolute Gasteiger partial charge is 0.266 e. The van der Waals surface area contributed by atoms with E-state index < -0.39 is 0 Å². The number of carbonyl (C=O) groups is 1. The van der Waals surface area contributed by atoms with E-state index in [9.17, 15) is 4.79 Å². The molecule has 6 heteroatoms. The Labute approximate surface area is 153 Å². The number of thiophene rings is 1. The Hall–Kier alpha value is -2.63. The van der Waals surface area contributed by atoms with Gasteiger partial charge in [0, 0.05) is 21.5 Å². The van der Waals surface area contributed by atoms with Gasteiger partial charge in [-0.15, -0.1) is 16.4 Å². The highest BCUT2D eigenvalue weighted by atomic mass is 35.5. The Morgan fingerprint density at radius 3 is 2.64 bits per heavy atom. The highest BCUT2D eigenvalue weighted by molar-refractivity contribution is 7.20. The molecule has 0 saturated heterocycles. The summed E-state index contributed by atoms with van der Waals surface area (Å²) in [6.45, 7) is 1.94. The van der Waals surface area contributed by atoms with Crippen molar-refractivity contribution in [2.24, 2.45) is 0 Å². The molecule has 2 aromatic carbocycles. The van der Waals surface area contributed by atoms with Gasteiger partial charge in [0.1, 0.15) is 0 Å². The highest BCUT2D eigenvalue weighted by Gasteiger charge is 2.13. The van der Waals surface area contributed by atoms with Crippen LogP contribution in [0.25, 0.3) is 15.8 Å². The molecule has 0 bridgehead atoms. The van der Waals surface area contributed by atoms with E-state index in [0.717, 1.165) is 21.5 Å². The van der Waals surface area contributed by atoms with Gasteiger partial charge in [0.2, 0.25) is 0 Å². The number of anilines is 1. The number of nitrogens with one attached hydrogen (secondary N) is 1. The number of aryl methyl sites for hydroxylation is 1. The van der Waals surface area contributed by atoms with E-state index in [1.165, 1.54) is 11.3 Å². The molecule has 0 saturated carbocycles. The van der Waals surface area contributed by atoms with Gasteiger partial charge in [-0.05, 0) is 48.7 Å². The first-order valence-corrected chi connectivity index (χ1v) is 8.92. The maximum absolute atomic E-state index is 12.5. The Morgan fingerprint density at radius 2 is 1.88 bits per heavy atom. The molecule has 0 radical (unpaired) electrons. The molecule has 4 aromatic rings. The molecular formula is C19H14ClN3OS. The number of benzene rings is 2. The minimum absolute atomic E-state index is 0.151. The molecule has 0 aliphatic carbocycles. The van der Waals surface area contributed by atoms with Crippen LogP contribution in [0, 0.1) is 6.92 Å². The molecule has 1 N–H and O–H groups in total. The van der Waals surface area contributed by atoms with Crippen molar-refractivity contribution in [2.45, 2.75) is 6.92 Å². The normalized spacial score (nSPS) is 11.0. The Balaban J connectivity index is 1.59. The quantitative estimate of drug-likeness (QED) is 0.534. The van der Waals surface area contributed by atoms with Crippen molar-refractivity contribution in [3.63, 3.8) is 0 Å². The third kappa shape index (κ3) is 3.16. The lowest BCUT2D eigenvalue weighted by atomic mass is 10.2. The van der Waals surface area contributed by atoms with Crippen LogP contribution in [0.15, 0.2) is 60.7 Å². The number of aromatic nitrogens is 2. The lowest BCUT2D eigenvalue weighted by molar-refractivity contribution is 0.103. The van der Waals surface area contributed by atoms with Crippen molar-refractivity contribution in [1.82, 2.24) is 9.78 Å². The maximum atomic E-state index is 12.5. The second-order valence-electron chi connectivity index (χ2n) is 5.66. The van der Waals surface area contributed by atoms with Gasteiger partial charge in [-0.1, -0.05) is 29.8 Å². The monoisotopic (exact) mass is 367 g/mol. The number of fused-ring (bicyclic) bond motifs is 1. The average Bonchev–Trinajstić information content (AvgIpc) is 3.19. The molecule has 4 nitrogen and oxygen atoms in total. The molecule has 0 aliphatic rings. The number of hydrogen-bond donors (Lipinski definition) is 1. The summed E-state index contributed by atoms with van der Waals surface area (Å²) in [6, 6.07) is 19.1. The SMILES string of the molecule is Cc1cc(NC(=O)c2cc3ccccc3s2)nn1-c1ccc(Cl)cc1. The fraction of sp³-hybridized carbons (Fsp3) is 0.0526. The van der Waals surface area contributed by atoms with Gasteiger partial charge < -0.3 is 5.32 Å². The molecule has 25 heavy (non-hydrogen) atoms. The Kier molecular flexibility index (Phi) is 4.03. The van der Waals surface area contributed by atoms with Gasteiger partial charge in [0.15, 0.2) is 5.82 Å². The van der Waals surface area contributed by atoms with Gasteiger partial charge in [-0.2, -0.15) is 0 Å². The molecule has 2 aromatic heterocycles. The lowest BCUT2D eigenvalue weighted by Crippen LogP contribution is -2.11. The van der Waals surface area contributed by atoms with E-state index in [4.69, 9.17) is 11.6 Å². The summed E-state index contributed by atoms with van der Waals surface area (Å²) >= 11 is 7.40. The summed E-state index contributed by atoms with van der Waals surface area (Å²) in [7, 11) is 0. The molecular weight excluding hydrogens is 354 g/mol. The molecule has 0 spiro atoms. The van der Waals surface area contributed by atoms with Gasteiger partial charge in [0.05, 0.1) is 10.6 Å². The van der Waals surface area contributed by atoms with Crippen LogP contribution in [-0.4, -0.2) is 15.7 Å². The van der Waals surface area contributed by atoms with Crippen molar-refractivity contribution in [3.05, 3.63) is 76.3 Å². The number of halogens is 1. The number of carbonyl (C=O) groups excluding carboxylic acids is 1. The summed E-state index contributed by atoms with van der Waals surface area (Å²) in [5.41, 5.74) is 1.82. The lowest BCUT2D eigenvalue weighted by Gasteiger charge is -2.03. The van der Waals surface area contributed by atoms with Crippen LogP contribution in [0.1, 0.15) is 15.4 Å². The van der Waals surface area contributed by atoms with Crippen LogP contribution < -0.4 is 5.32 Å². The minimum Gasteiger partial charge on any atom is -0.304 e. The van der Waals surface area contributed by atoms with Crippen molar-refractivity contribution in [1.29, 1.82) is 0 Å². The van der Waals surface area contributed by atoms with Gasteiger partial charge in [-0.3, -0.25) is 4.79 Å². The number of rotatable bonds is 3. The first kappa shape index (κ1) is 15.9. The molecule has 0 aliphatic heterocycles. The summed E-state index contributed by atoms with van der Waals surface area (Å²) < 4.78 is 2.87. The first-order chi connectivity index (χ1) is 12.1. The van der Waals surface area contributed by atoms with Crippen LogP contribution >= 0.6 is 22.9 Å². The summed E-state index contributed by atoms with van der Waals surface area (Å²) in [5, 5.41) is 9.09. The maximum Gasteiger partial charge on any atom is 0.266 e. The van der Waals surface area contributed by atoms with Gasteiger partial charge in [-0.25, -0.2) is 4.68 Å². The second-order valence-corrected chi connectivity index (χ2v) is 7.18. The summed E-state index contributed by atoms with van der Waals surface area (Å²) in [4.78, 5) is 13.2. The predicted molar refractivity (Wildman–Crippen MR) is 103 cm³/mol. The number of hydrogen-bond acceptors (Lipinski definition) is 3. The summed E-state index contributed by atoms with van der Waals surface area (Å²) in [6.07, 6.45) is 0.